The minimum atomic E-state index is -0.276. The second-order valence-corrected chi connectivity index (χ2v) is 5.93. The highest BCUT2D eigenvalue weighted by Gasteiger charge is 2.06. The molecule has 0 heterocycles. The van der Waals surface area contributed by atoms with Crippen LogP contribution in [-0.4, -0.2) is 25.2 Å². The number of hydrogen-bond donors (Lipinski definition) is 1. The monoisotopic (exact) mass is 363 g/mol. The number of halogens is 2. The fourth-order valence-electron chi connectivity index (χ4n) is 2.24. The number of anilines is 1. The molecule has 126 valence electrons. The van der Waals surface area contributed by atoms with E-state index in [-0.39, 0.29) is 5.91 Å². The molecule has 0 aromatic heterocycles. The quantitative estimate of drug-likeness (QED) is 0.601. The minimum Gasteiger partial charge on any atom is -0.372 e. The number of nitrogens with zero attached hydrogens (tertiary/aromatic N) is 2. The molecular formula is C18H19Cl2N3O. The van der Waals surface area contributed by atoms with E-state index in [1.165, 1.54) is 6.21 Å². The Kier molecular flexibility index (Phi) is 6.64. The van der Waals surface area contributed by atoms with Crippen LogP contribution in [0.5, 0.6) is 0 Å². The summed E-state index contributed by atoms with van der Waals surface area (Å²) in [4.78, 5) is 14.3. The molecule has 0 aliphatic carbocycles. The zero-order chi connectivity index (χ0) is 17.5. The van der Waals surface area contributed by atoms with Crippen molar-refractivity contribution in [2.24, 2.45) is 5.10 Å². The second-order valence-electron chi connectivity index (χ2n) is 5.08. The van der Waals surface area contributed by atoms with E-state index in [4.69, 9.17) is 23.2 Å². The third-order valence-electron chi connectivity index (χ3n) is 3.59. The number of hydrazone groups is 1. The van der Waals surface area contributed by atoms with Gasteiger partial charge in [0.2, 0.25) is 0 Å². The first-order chi connectivity index (χ1) is 11.5. The Hall–Kier alpha value is -2.04. The summed E-state index contributed by atoms with van der Waals surface area (Å²) < 4.78 is 0. The molecule has 0 radical (unpaired) electrons. The van der Waals surface area contributed by atoms with Crippen LogP contribution in [0.15, 0.2) is 47.6 Å². The number of carbonyl (C=O) groups excluding carboxylic acids is 1. The lowest BCUT2D eigenvalue weighted by Crippen LogP contribution is -2.22. The minimum absolute atomic E-state index is 0.276. The first-order valence-electron chi connectivity index (χ1n) is 7.68. The molecule has 2 aromatic rings. The van der Waals surface area contributed by atoms with Crippen LogP contribution in [0.1, 0.15) is 29.8 Å². The molecule has 0 atom stereocenters. The molecule has 24 heavy (non-hydrogen) atoms. The van der Waals surface area contributed by atoms with Crippen molar-refractivity contribution < 1.29 is 4.79 Å². The molecule has 2 aromatic carbocycles. The molecule has 1 N–H and O–H groups in total. The van der Waals surface area contributed by atoms with Crippen LogP contribution < -0.4 is 10.3 Å². The van der Waals surface area contributed by atoms with Crippen molar-refractivity contribution in [1.82, 2.24) is 5.43 Å². The molecule has 1 amide bonds. The van der Waals surface area contributed by atoms with Gasteiger partial charge in [-0.05, 0) is 50.2 Å². The smallest absolute Gasteiger partial charge is 0.271 e. The Morgan fingerprint density at radius 2 is 1.79 bits per heavy atom. The predicted molar refractivity (Wildman–Crippen MR) is 102 cm³/mol. The number of amides is 1. The van der Waals surface area contributed by atoms with Crippen LogP contribution in [0.2, 0.25) is 10.0 Å². The number of hydrogen-bond acceptors (Lipinski definition) is 3. The fraction of sp³-hybridized carbons (Fsp3) is 0.222. The van der Waals surface area contributed by atoms with Gasteiger partial charge in [-0.1, -0.05) is 29.3 Å². The van der Waals surface area contributed by atoms with Crippen LogP contribution >= 0.6 is 23.2 Å². The summed E-state index contributed by atoms with van der Waals surface area (Å²) in [6.45, 7) is 6.05. The highest BCUT2D eigenvalue weighted by Crippen LogP contribution is 2.19. The molecule has 0 aliphatic rings. The Labute approximate surface area is 152 Å². The third kappa shape index (κ3) is 4.73. The lowest BCUT2D eigenvalue weighted by atomic mass is 10.2. The summed E-state index contributed by atoms with van der Waals surface area (Å²) in [6, 6.07) is 12.5. The molecule has 6 heteroatoms. The number of benzene rings is 2. The Bertz CT molecular complexity index is 726. The second kappa shape index (κ2) is 8.71. The van der Waals surface area contributed by atoms with Gasteiger partial charge >= 0.3 is 0 Å². The van der Waals surface area contributed by atoms with Crippen molar-refractivity contribution in [3.05, 3.63) is 63.6 Å². The lowest BCUT2D eigenvalue weighted by Gasteiger charge is -2.20. The molecule has 4 nitrogen and oxygen atoms in total. The van der Waals surface area contributed by atoms with Crippen molar-refractivity contribution >= 4 is 41.0 Å². The van der Waals surface area contributed by atoms with E-state index in [9.17, 15) is 4.79 Å². The maximum atomic E-state index is 12.1. The van der Waals surface area contributed by atoms with Crippen LogP contribution in [0.25, 0.3) is 0 Å². The number of carbonyl (C=O) groups is 1. The van der Waals surface area contributed by atoms with Gasteiger partial charge in [0, 0.05) is 34.9 Å². The molecule has 2 rings (SSSR count). The van der Waals surface area contributed by atoms with Gasteiger partial charge < -0.3 is 4.90 Å². The zero-order valence-corrected chi connectivity index (χ0v) is 15.1. The van der Waals surface area contributed by atoms with Crippen LogP contribution in [0.3, 0.4) is 0 Å². The van der Waals surface area contributed by atoms with E-state index in [2.05, 4.69) is 29.3 Å². The Morgan fingerprint density at radius 3 is 2.38 bits per heavy atom. The van der Waals surface area contributed by atoms with Gasteiger partial charge in [-0.25, -0.2) is 5.43 Å². The van der Waals surface area contributed by atoms with Crippen LogP contribution in [0.4, 0.5) is 5.69 Å². The zero-order valence-electron chi connectivity index (χ0n) is 13.6. The summed E-state index contributed by atoms with van der Waals surface area (Å²) in [5, 5.41) is 4.96. The summed E-state index contributed by atoms with van der Waals surface area (Å²) in [7, 11) is 0. The largest absolute Gasteiger partial charge is 0.372 e. The van der Waals surface area contributed by atoms with Crippen molar-refractivity contribution in [2.45, 2.75) is 13.8 Å². The van der Waals surface area contributed by atoms with Gasteiger partial charge in [0.05, 0.1) is 11.2 Å². The van der Waals surface area contributed by atoms with E-state index >= 15 is 0 Å². The first-order valence-corrected chi connectivity index (χ1v) is 8.44. The van der Waals surface area contributed by atoms with Gasteiger partial charge in [0.25, 0.3) is 5.91 Å². The van der Waals surface area contributed by atoms with E-state index in [0.29, 0.717) is 21.2 Å². The van der Waals surface area contributed by atoms with Gasteiger partial charge in [0.1, 0.15) is 0 Å². The normalized spacial score (nSPS) is 10.8. The number of rotatable bonds is 6. The molecule has 0 bridgehead atoms. The fourth-order valence-corrected chi connectivity index (χ4v) is 2.70. The SMILES string of the molecule is CCN(CC)c1ccc(C(=O)N/N=C\c2ccc(Cl)cc2Cl)cc1. The van der Waals surface area contributed by atoms with Crippen molar-refractivity contribution in [1.29, 1.82) is 0 Å². The van der Waals surface area contributed by atoms with Crippen molar-refractivity contribution in [2.75, 3.05) is 18.0 Å². The Morgan fingerprint density at radius 1 is 1.12 bits per heavy atom. The predicted octanol–water partition coefficient (Wildman–Crippen LogP) is 4.60. The summed E-state index contributed by atoms with van der Waals surface area (Å²) >= 11 is 11.9. The molecule has 0 aliphatic heterocycles. The van der Waals surface area contributed by atoms with E-state index in [0.717, 1.165) is 18.8 Å². The molecule has 0 saturated carbocycles. The maximum Gasteiger partial charge on any atom is 0.271 e. The van der Waals surface area contributed by atoms with Crippen molar-refractivity contribution in [3.63, 3.8) is 0 Å². The number of nitrogens with one attached hydrogen (secondary N) is 1. The van der Waals surface area contributed by atoms with Gasteiger partial charge in [0.15, 0.2) is 0 Å². The molecule has 0 spiro atoms. The molecule has 0 fully saturated rings. The standard InChI is InChI=1S/C18H19Cl2N3O/c1-3-23(4-2)16-9-6-13(7-10-16)18(24)22-21-12-14-5-8-15(19)11-17(14)20/h5-12H,3-4H2,1-2H3,(H,22,24)/b21-12-. The summed E-state index contributed by atoms with van der Waals surface area (Å²) in [5.41, 5.74) is 4.81. The summed E-state index contributed by atoms with van der Waals surface area (Å²) in [6.07, 6.45) is 1.49. The molecule has 0 saturated heterocycles. The van der Waals surface area contributed by atoms with Gasteiger partial charge in [-0.15, -0.1) is 0 Å². The molecular weight excluding hydrogens is 345 g/mol. The average molecular weight is 364 g/mol. The van der Waals surface area contributed by atoms with E-state index in [1.807, 2.05) is 12.1 Å². The lowest BCUT2D eigenvalue weighted by molar-refractivity contribution is 0.0955. The highest BCUT2D eigenvalue weighted by atomic mass is 35.5. The maximum absolute atomic E-state index is 12.1. The Balaban J connectivity index is 2.00. The van der Waals surface area contributed by atoms with Crippen LogP contribution in [-0.2, 0) is 0 Å². The molecule has 0 unspecified atom stereocenters. The highest BCUT2D eigenvalue weighted by molar-refractivity contribution is 6.36. The van der Waals surface area contributed by atoms with E-state index in [1.54, 1.807) is 30.3 Å². The first kappa shape index (κ1) is 18.3. The summed E-state index contributed by atoms with van der Waals surface area (Å²) in [5.74, 6) is -0.276. The van der Waals surface area contributed by atoms with Gasteiger partial charge in [-0.2, -0.15) is 5.10 Å². The van der Waals surface area contributed by atoms with Crippen molar-refractivity contribution in [3.8, 4) is 0 Å². The van der Waals surface area contributed by atoms with Crippen LogP contribution in [0, 0.1) is 0 Å². The average Bonchev–Trinajstić information content (AvgIpc) is 2.58. The van der Waals surface area contributed by atoms with Gasteiger partial charge in [-0.3, -0.25) is 4.79 Å². The topological polar surface area (TPSA) is 44.7 Å². The van der Waals surface area contributed by atoms with E-state index < -0.39 is 0 Å². The third-order valence-corrected chi connectivity index (χ3v) is 4.15.